The number of hydrogen-bond donors (Lipinski definition) is 0. The lowest BCUT2D eigenvalue weighted by atomic mass is 9.73. The molecule has 5 rings (SSSR count). The molecule has 0 N–H and O–H groups in total. The van der Waals surface area contributed by atoms with Crippen LogP contribution in [0.1, 0.15) is 60.1 Å². The van der Waals surface area contributed by atoms with E-state index < -0.39 is 46.8 Å². The normalized spacial score (nSPS) is 22.3. The van der Waals surface area contributed by atoms with Crippen molar-refractivity contribution in [1.29, 1.82) is 5.26 Å². The fourth-order valence-corrected chi connectivity index (χ4v) is 6.07. The Labute approximate surface area is 267 Å². The zero-order valence-electron chi connectivity index (χ0n) is 25.3. The molecule has 2 heterocycles. The average molecular weight is 660 g/mol. The van der Waals surface area contributed by atoms with E-state index in [1.807, 2.05) is 0 Å². The third-order valence-corrected chi connectivity index (χ3v) is 8.85. The van der Waals surface area contributed by atoms with E-state index in [-0.39, 0.29) is 56.6 Å². The minimum atomic E-state index is -5.04. The Morgan fingerprint density at radius 2 is 1.53 bits per heavy atom. The van der Waals surface area contributed by atoms with Crippen molar-refractivity contribution in [1.82, 2.24) is 9.80 Å². The standard InChI is InChI=1S/C34H31F6N3O4/c1-23(25-16-27(33(35,36)37)18-28(17-25)34(38,39)40)47-22-32(26-10-6-3-7-11-26)14-13-31(20-41,42-15-12-29(42)44)21-43(32)30(45)46-19-24-8-4-2-5-9-24/h2-11,16-18,23H,12-15,19,21-22H2,1H3/t23-,31-,32-/m1/s1. The second-order valence-electron chi connectivity index (χ2n) is 11.8. The number of hydrogen-bond acceptors (Lipinski definition) is 5. The fourth-order valence-electron chi connectivity index (χ4n) is 6.07. The molecule has 0 radical (unpaired) electrons. The molecule has 13 heteroatoms. The highest BCUT2D eigenvalue weighted by Gasteiger charge is 2.56. The third kappa shape index (κ3) is 6.93. The number of alkyl halides is 6. The van der Waals surface area contributed by atoms with Crippen LogP contribution >= 0.6 is 0 Å². The Hall–Kier alpha value is -4.57. The summed E-state index contributed by atoms with van der Waals surface area (Å²) in [5, 5.41) is 10.4. The zero-order valence-corrected chi connectivity index (χ0v) is 25.3. The van der Waals surface area contributed by atoms with Gasteiger partial charge in [0.1, 0.15) is 12.1 Å². The number of rotatable bonds is 8. The molecule has 2 amide bonds. The first-order valence-electron chi connectivity index (χ1n) is 14.9. The Morgan fingerprint density at radius 3 is 2.04 bits per heavy atom. The van der Waals surface area contributed by atoms with Crippen LogP contribution in [0.2, 0.25) is 0 Å². The van der Waals surface area contributed by atoms with Crippen molar-refractivity contribution < 1.29 is 45.4 Å². The lowest BCUT2D eigenvalue weighted by Crippen LogP contribution is -2.69. The number of amides is 2. The van der Waals surface area contributed by atoms with Crippen LogP contribution in [0.25, 0.3) is 0 Å². The van der Waals surface area contributed by atoms with Gasteiger partial charge in [0.05, 0.1) is 42.0 Å². The SMILES string of the molecule is C[C@@H](OC[C@@]1(c2ccccc2)CC[C@](C#N)(N2CCC2=O)CN1C(=O)OCc1ccccc1)c1cc(C(F)(F)F)cc(C(F)(F)F)c1. The number of carbonyl (C=O) groups excluding carboxylic acids is 2. The molecule has 3 aromatic rings. The molecule has 47 heavy (non-hydrogen) atoms. The molecule has 3 atom stereocenters. The Kier molecular flexibility index (Phi) is 9.28. The van der Waals surface area contributed by atoms with E-state index in [0.717, 1.165) is 0 Å². The number of carbonyl (C=O) groups is 2. The maximum absolute atomic E-state index is 14.0. The molecular formula is C34H31F6N3O4. The van der Waals surface area contributed by atoms with E-state index in [2.05, 4.69) is 6.07 Å². The van der Waals surface area contributed by atoms with Crippen molar-refractivity contribution in [3.05, 3.63) is 107 Å². The highest BCUT2D eigenvalue weighted by Crippen LogP contribution is 2.46. The summed E-state index contributed by atoms with van der Waals surface area (Å²) in [5.74, 6) is -0.244. The van der Waals surface area contributed by atoms with Crippen molar-refractivity contribution >= 4 is 12.0 Å². The second-order valence-corrected chi connectivity index (χ2v) is 11.8. The van der Waals surface area contributed by atoms with Gasteiger partial charge in [-0.15, -0.1) is 0 Å². The number of benzene rings is 3. The minimum Gasteiger partial charge on any atom is -0.445 e. The lowest BCUT2D eigenvalue weighted by molar-refractivity contribution is -0.153. The summed E-state index contributed by atoms with van der Waals surface area (Å²) < 4.78 is 93.4. The number of nitrogens with zero attached hydrogens (tertiary/aromatic N) is 3. The van der Waals surface area contributed by atoms with E-state index in [9.17, 15) is 41.2 Å². The van der Waals surface area contributed by atoms with E-state index in [4.69, 9.17) is 9.47 Å². The molecular weight excluding hydrogens is 628 g/mol. The third-order valence-electron chi connectivity index (χ3n) is 8.85. The number of halogens is 6. The molecule has 0 aromatic heterocycles. The first-order chi connectivity index (χ1) is 22.2. The van der Waals surface area contributed by atoms with Crippen LogP contribution in [0.5, 0.6) is 0 Å². The largest absolute Gasteiger partial charge is 0.445 e. The van der Waals surface area contributed by atoms with Crippen LogP contribution in [-0.2, 0) is 38.8 Å². The molecule has 3 aromatic carbocycles. The van der Waals surface area contributed by atoms with Crippen LogP contribution in [0, 0.1) is 11.3 Å². The van der Waals surface area contributed by atoms with Gasteiger partial charge in [-0.05, 0) is 54.7 Å². The van der Waals surface area contributed by atoms with E-state index >= 15 is 0 Å². The molecule has 0 unspecified atom stereocenters. The predicted octanol–water partition coefficient (Wildman–Crippen LogP) is 7.62. The van der Waals surface area contributed by atoms with E-state index in [0.29, 0.717) is 29.8 Å². The van der Waals surface area contributed by atoms with Gasteiger partial charge in [-0.3, -0.25) is 9.69 Å². The van der Waals surface area contributed by atoms with Gasteiger partial charge in [-0.25, -0.2) is 4.79 Å². The van der Waals surface area contributed by atoms with Crippen molar-refractivity contribution in [2.24, 2.45) is 0 Å². The van der Waals surface area contributed by atoms with Crippen molar-refractivity contribution in [3.8, 4) is 6.07 Å². The Morgan fingerprint density at radius 1 is 0.936 bits per heavy atom. The van der Waals surface area contributed by atoms with Gasteiger partial charge in [0.2, 0.25) is 5.91 Å². The van der Waals surface area contributed by atoms with Gasteiger partial charge in [-0.1, -0.05) is 60.7 Å². The van der Waals surface area contributed by atoms with Gasteiger partial charge >= 0.3 is 18.4 Å². The molecule has 2 fully saturated rings. The number of piperidine rings is 1. The first kappa shape index (κ1) is 33.8. The monoisotopic (exact) mass is 659 g/mol. The summed E-state index contributed by atoms with van der Waals surface area (Å²) in [6, 6.07) is 20.9. The molecule has 2 aliphatic heterocycles. The number of nitriles is 1. The average Bonchev–Trinajstić information content (AvgIpc) is 3.05. The molecule has 0 aliphatic carbocycles. The Bertz CT molecular complexity index is 1610. The van der Waals surface area contributed by atoms with Gasteiger partial charge in [-0.2, -0.15) is 31.6 Å². The molecule has 2 aliphatic rings. The minimum absolute atomic E-state index is 0.0475. The van der Waals surface area contributed by atoms with Gasteiger partial charge in [0.15, 0.2) is 0 Å². The highest BCUT2D eigenvalue weighted by molar-refractivity contribution is 5.83. The van der Waals surface area contributed by atoms with Gasteiger partial charge < -0.3 is 14.4 Å². The smallest absolute Gasteiger partial charge is 0.416 e. The summed E-state index contributed by atoms with van der Waals surface area (Å²) in [4.78, 5) is 29.3. The van der Waals surface area contributed by atoms with E-state index in [1.165, 1.54) is 16.7 Å². The Balaban J connectivity index is 1.53. The van der Waals surface area contributed by atoms with Crippen LogP contribution in [0.3, 0.4) is 0 Å². The maximum atomic E-state index is 14.0. The lowest BCUT2D eigenvalue weighted by Gasteiger charge is -2.55. The van der Waals surface area contributed by atoms with Crippen LogP contribution in [0.4, 0.5) is 31.1 Å². The van der Waals surface area contributed by atoms with Crippen molar-refractivity contribution in [2.45, 2.75) is 62.3 Å². The molecule has 0 spiro atoms. The summed E-state index contributed by atoms with van der Waals surface area (Å²) in [6.07, 6.45) is -11.8. The van der Waals surface area contributed by atoms with E-state index in [1.54, 1.807) is 60.7 Å². The van der Waals surface area contributed by atoms with Crippen LogP contribution in [0.15, 0.2) is 78.9 Å². The quantitative estimate of drug-likeness (QED) is 0.184. The zero-order chi connectivity index (χ0) is 34.0. The molecule has 7 nitrogen and oxygen atoms in total. The fraction of sp³-hybridized carbons (Fsp3) is 0.382. The number of β-lactam (4-membered cyclic amide) rings is 1. The molecule has 0 saturated carbocycles. The van der Waals surface area contributed by atoms with Crippen molar-refractivity contribution in [2.75, 3.05) is 19.7 Å². The summed E-state index contributed by atoms with van der Waals surface area (Å²) in [7, 11) is 0. The summed E-state index contributed by atoms with van der Waals surface area (Å²) in [6.45, 7) is 0.893. The van der Waals surface area contributed by atoms with Gasteiger partial charge in [0, 0.05) is 13.0 Å². The predicted molar refractivity (Wildman–Crippen MR) is 156 cm³/mol. The topological polar surface area (TPSA) is 82.9 Å². The number of ether oxygens (including phenoxy) is 2. The summed E-state index contributed by atoms with van der Waals surface area (Å²) in [5.41, 5.74) is -4.83. The second kappa shape index (κ2) is 12.9. The van der Waals surface area contributed by atoms with Gasteiger partial charge in [0.25, 0.3) is 0 Å². The first-order valence-corrected chi connectivity index (χ1v) is 14.9. The highest BCUT2D eigenvalue weighted by atomic mass is 19.4. The van der Waals surface area contributed by atoms with Crippen molar-refractivity contribution in [3.63, 3.8) is 0 Å². The van der Waals surface area contributed by atoms with Crippen LogP contribution < -0.4 is 0 Å². The molecule has 248 valence electrons. The molecule has 2 saturated heterocycles. The van der Waals surface area contributed by atoms with Crippen LogP contribution in [-0.4, -0.2) is 47.0 Å². The number of likely N-dealkylation sites (tertiary alicyclic amines) is 2. The maximum Gasteiger partial charge on any atom is 0.416 e. The molecule has 0 bridgehead atoms. The summed E-state index contributed by atoms with van der Waals surface area (Å²) >= 11 is 0.